The molecule has 0 aliphatic carbocycles. The monoisotopic (exact) mass is 282 g/mol. The fourth-order valence-electron chi connectivity index (χ4n) is 1.31. The molecule has 1 aromatic heterocycles. The predicted molar refractivity (Wildman–Crippen MR) is 75.0 cm³/mol. The van der Waals surface area contributed by atoms with Gasteiger partial charge in [0.15, 0.2) is 0 Å². The molecule has 1 aromatic rings. The van der Waals surface area contributed by atoms with Crippen molar-refractivity contribution in [1.82, 2.24) is 10.3 Å². The summed E-state index contributed by atoms with van der Waals surface area (Å²) >= 11 is 1.49. The molecule has 1 heterocycles. The second kappa shape index (κ2) is 8.53. The van der Waals surface area contributed by atoms with Crippen LogP contribution >= 0.6 is 11.8 Å². The lowest BCUT2D eigenvalue weighted by Crippen LogP contribution is -2.25. The number of rotatable bonds is 7. The number of esters is 1. The van der Waals surface area contributed by atoms with Gasteiger partial charge in [-0.15, -0.1) is 11.8 Å². The molecule has 0 unspecified atom stereocenters. The lowest BCUT2D eigenvalue weighted by molar-refractivity contribution is -0.118. The van der Waals surface area contributed by atoms with Crippen molar-refractivity contribution >= 4 is 23.6 Å². The van der Waals surface area contributed by atoms with Gasteiger partial charge in [0, 0.05) is 18.5 Å². The van der Waals surface area contributed by atoms with Crippen molar-refractivity contribution in [3.05, 3.63) is 29.6 Å². The van der Waals surface area contributed by atoms with E-state index >= 15 is 0 Å². The van der Waals surface area contributed by atoms with Gasteiger partial charge in [-0.3, -0.25) is 9.78 Å². The van der Waals surface area contributed by atoms with Crippen LogP contribution in [0.25, 0.3) is 0 Å². The number of methoxy groups -OCH3 is 1. The third-order valence-electron chi connectivity index (χ3n) is 2.30. The Hall–Kier alpha value is -1.56. The van der Waals surface area contributed by atoms with Crippen LogP contribution in [0.1, 0.15) is 29.4 Å². The zero-order valence-corrected chi connectivity index (χ0v) is 12.0. The number of amides is 1. The first kappa shape index (κ1) is 15.5. The number of carbonyl (C=O) groups excluding carboxylic acids is 2. The molecule has 0 saturated heterocycles. The van der Waals surface area contributed by atoms with E-state index in [1.54, 1.807) is 12.1 Å². The summed E-state index contributed by atoms with van der Waals surface area (Å²) in [5.41, 5.74) is 1.26. The van der Waals surface area contributed by atoms with E-state index in [-0.39, 0.29) is 5.91 Å². The number of thioether (sulfide) groups is 1. The van der Waals surface area contributed by atoms with Crippen molar-refractivity contribution in [3.63, 3.8) is 0 Å². The summed E-state index contributed by atoms with van der Waals surface area (Å²) in [4.78, 5) is 26.7. The van der Waals surface area contributed by atoms with Gasteiger partial charge in [0.2, 0.25) is 5.91 Å². The molecule has 0 aliphatic heterocycles. The minimum Gasteiger partial charge on any atom is -0.465 e. The molecule has 0 spiro atoms. The molecule has 0 fully saturated rings. The molecule has 0 bridgehead atoms. The zero-order valence-electron chi connectivity index (χ0n) is 11.1. The average molecular weight is 282 g/mol. The lowest BCUT2D eigenvalue weighted by atomic mass is 10.2. The first-order valence-corrected chi connectivity index (χ1v) is 7.20. The lowest BCUT2D eigenvalue weighted by Gasteiger charge is -2.04. The van der Waals surface area contributed by atoms with Crippen LogP contribution in [0.4, 0.5) is 0 Å². The Morgan fingerprint density at radius 1 is 1.42 bits per heavy atom. The van der Waals surface area contributed by atoms with Gasteiger partial charge in [-0.25, -0.2) is 4.79 Å². The minimum atomic E-state index is -0.398. The van der Waals surface area contributed by atoms with Crippen molar-refractivity contribution in [2.75, 3.05) is 19.4 Å². The number of aromatic nitrogens is 1. The molecular weight excluding hydrogens is 264 g/mol. The molecule has 104 valence electrons. The van der Waals surface area contributed by atoms with E-state index in [4.69, 9.17) is 0 Å². The van der Waals surface area contributed by atoms with Crippen molar-refractivity contribution in [3.8, 4) is 0 Å². The smallest absolute Gasteiger partial charge is 0.339 e. The second-order valence-electron chi connectivity index (χ2n) is 3.87. The van der Waals surface area contributed by atoms with Crippen molar-refractivity contribution in [2.45, 2.75) is 19.1 Å². The maximum Gasteiger partial charge on any atom is 0.339 e. The normalized spacial score (nSPS) is 10.0. The van der Waals surface area contributed by atoms with Gasteiger partial charge in [-0.2, -0.15) is 0 Å². The molecule has 6 heteroatoms. The Morgan fingerprint density at radius 2 is 2.21 bits per heavy atom. The third kappa shape index (κ3) is 5.74. The maximum absolute atomic E-state index is 11.4. The molecule has 1 rings (SSSR count). The van der Waals surface area contributed by atoms with Crippen LogP contribution in [0.15, 0.2) is 18.3 Å². The van der Waals surface area contributed by atoms with Crippen LogP contribution in [0.5, 0.6) is 0 Å². The van der Waals surface area contributed by atoms with E-state index in [2.05, 4.69) is 15.0 Å². The Kier molecular flexibility index (Phi) is 6.95. The summed E-state index contributed by atoms with van der Waals surface area (Å²) in [6, 6.07) is 3.44. The van der Waals surface area contributed by atoms with E-state index < -0.39 is 5.97 Å². The van der Waals surface area contributed by atoms with E-state index in [0.29, 0.717) is 23.6 Å². The van der Waals surface area contributed by atoms with E-state index in [1.807, 2.05) is 6.92 Å². The van der Waals surface area contributed by atoms with Gasteiger partial charge in [0.05, 0.1) is 24.1 Å². The topological polar surface area (TPSA) is 68.3 Å². The number of hydrogen-bond acceptors (Lipinski definition) is 5. The quantitative estimate of drug-likeness (QED) is 0.770. The van der Waals surface area contributed by atoms with Crippen LogP contribution in [-0.4, -0.2) is 36.3 Å². The number of carbonyl (C=O) groups is 2. The van der Waals surface area contributed by atoms with Crippen LogP contribution in [0.3, 0.4) is 0 Å². The molecule has 5 nitrogen and oxygen atoms in total. The minimum absolute atomic E-state index is 0.0398. The van der Waals surface area contributed by atoms with Gasteiger partial charge in [0.1, 0.15) is 0 Å². The van der Waals surface area contributed by atoms with Crippen molar-refractivity contribution in [2.24, 2.45) is 0 Å². The molecule has 19 heavy (non-hydrogen) atoms. The highest BCUT2D eigenvalue weighted by atomic mass is 32.2. The Bertz CT molecular complexity index is 420. The highest BCUT2D eigenvalue weighted by molar-refractivity contribution is 7.99. The van der Waals surface area contributed by atoms with Gasteiger partial charge >= 0.3 is 5.97 Å². The number of pyridine rings is 1. The first-order valence-electron chi connectivity index (χ1n) is 6.05. The van der Waals surface area contributed by atoms with Gasteiger partial charge in [-0.05, 0) is 18.6 Å². The Balaban J connectivity index is 2.34. The standard InChI is InChI=1S/C13H18N2O3S/c1-3-6-14-12(16)9-19-8-11-5-4-10(7-15-11)13(17)18-2/h4-5,7H,3,6,8-9H2,1-2H3,(H,14,16). The summed E-state index contributed by atoms with van der Waals surface area (Å²) < 4.78 is 4.59. The van der Waals surface area contributed by atoms with E-state index in [0.717, 1.165) is 12.1 Å². The van der Waals surface area contributed by atoms with Crippen LogP contribution < -0.4 is 5.32 Å². The highest BCUT2D eigenvalue weighted by Crippen LogP contribution is 2.10. The van der Waals surface area contributed by atoms with Crippen LogP contribution in [-0.2, 0) is 15.3 Å². The van der Waals surface area contributed by atoms with E-state index in [1.165, 1.54) is 25.1 Å². The largest absolute Gasteiger partial charge is 0.465 e. The van der Waals surface area contributed by atoms with Gasteiger partial charge in [-0.1, -0.05) is 6.92 Å². The molecule has 0 saturated carbocycles. The summed E-state index contributed by atoms with van der Waals surface area (Å²) in [5, 5.41) is 2.81. The van der Waals surface area contributed by atoms with Crippen LogP contribution in [0, 0.1) is 0 Å². The third-order valence-corrected chi connectivity index (χ3v) is 3.27. The highest BCUT2D eigenvalue weighted by Gasteiger charge is 2.06. The van der Waals surface area contributed by atoms with E-state index in [9.17, 15) is 9.59 Å². The maximum atomic E-state index is 11.4. The van der Waals surface area contributed by atoms with Gasteiger partial charge in [0.25, 0.3) is 0 Å². The molecule has 1 amide bonds. The zero-order chi connectivity index (χ0) is 14.1. The average Bonchev–Trinajstić information content (AvgIpc) is 2.45. The molecule has 0 atom stereocenters. The Morgan fingerprint density at radius 3 is 2.79 bits per heavy atom. The molecule has 1 N–H and O–H groups in total. The number of hydrogen-bond donors (Lipinski definition) is 1. The Labute approximate surface area is 117 Å². The summed E-state index contributed by atoms with van der Waals surface area (Å²) in [7, 11) is 1.33. The fraction of sp³-hybridized carbons (Fsp3) is 0.462. The summed E-state index contributed by atoms with van der Waals surface area (Å²) in [6.45, 7) is 2.73. The summed E-state index contributed by atoms with van der Waals surface area (Å²) in [6.07, 6.45) is 2.42. The van der Waals surface area contributed by atoms with Gasteiger partial charge < -0.3 is 10.1 Å². The fourth-order valence-corrected chi connectivity index (χ4v) is 2.08. The molecular formula is C13H18N2O3S. The molecule has 0 aliphatic rings. The molecule has 0 aromatic carbocycles. The SMILES string of the molecule is CCCNC(=O)CSCc1ccc(C(=O)OC)cn1. The van der Waals surface area contributed by atoms with Crippen molar-refractivity contribution < 1.29 is 14.3 Å². The first-order chi connectivity index (χ1) is 9.17. The molecule has 0 radical (unpaired) electrons. The summed E-state index contributed by atoms with van der Waals surface area (Å²) in [5.74, 6) is 0.699. The number of nitrogens with one attached hydrogen (secondary N) is 1. The van der Waals surface area contributed by atoms with Crippen molar-refractivity contribution in [1.29, 1.82) is 0 Å². The number of ether oxygens (including phenoxy) is 1. The predicted octanol–water partition coefficient (Wildman–Crippen LogP) is 1.63. The second-order valence-corrected chi connectivity index (χ2v) is 4.86. The number of nitrogens with zero attached hydrogens (tertiary/aromatic N) is 1. The van der Waals surface area contributed by atoms with Crippen LogP contribution in [0.2, 0.25) is 0 Å².